The van der Waals surface area contributed by atoms with Gasteiger partial charge in [0.15, 0.2) is 0 Å². The Kier molecular flexibility index (Phi) is 6.76. The first kappa shape index (κ1) is 21.9. The summed E-state index contributed by atoms with van der Waals surface area (Å²) in [6.45, 7) is 7.24. The van der Waals surface area contributed by atoms with Gasteiger partial charge in [-0.3, -0.25) is 4.79 Å². The molecule has 0 N–H and O–H groups in total. The Morgan fingerprint density at radius 1 is 1.00 bits per heavy atom. The number of ketones is 1. The number of hydrogen-bond donors (Lipinski definition) is 0. The lowest BCUT2D eigenvalue weighted by Crippen LogP contribution is -2.20. The average molecular weight is 519 g/mol. The number of benzene rings is 2. The molecule has 0 radical (unpaired) electrons. The van der Waals surface area contributed by atoms with E-state index in [1.807, 2.05) is 29.5 Å². The van der Waals surface area contributed by atoms with E-state index < -0.39 is 15.5 Å². The Labute approximate surface area is 178 Å². The number of halogens is 2. The zero-order chi connectivity index (χ0) is 20.4. The summed E-state index contributed by atoms with van der Waals surface area (Å²) in [4.78, 5) is 12.9. The number of carbonyl (C=O) groups is 1. The van der Waals surface area contributed by atoms with Gasteiger partial charge < -0.3 is 4.18 Å². The van der Waals surface area contributed by atoms with E-state index in [1.165, 1.54) is 12.1 Å². The van der Waals surface area contributed by atoms with E-state index in [9.17, 15) is 13.2 Å². The zero-order valence-corrected chi connectivity index (χ0v) is 19.1. The number of aryl methyl sites for hydroxylation is 1. The summed E-state index contributed by atoms with van der Waals surface area (Å²) < 4.78 is 31.1. The van der Waals surface area contributed by atoms with Crippen LogP contribution in [-0.4, -0.2) is 14.2 Å². The molecule has 0 saturated carbocycles. The number of hydrogen-bond acceptors (Lipinski definition) is 4. The normalized spacial score (nSPS) is 13.1. The van der Waals surface area contributed by atoms with E-state index in [4.69, 9.17) is 15.8 Å². The molecule has 0 unspecified atom stereocenters. The highest BCUT2D eigenvalue weighted by Crippen LogP contribution is 2.36. The summed E-state index contributed by atoms with van der Waals surface area (Å²) in [7, 11) is -4.06. The molecule has 2 rings (SSSR count). The molecule has 144 valence electrons. The Balaban J connectivity index is 2.48. The molecule has 0 aliphatic heterocycles. The van der Waals surface area contributed by atoms with Crippen molar-refractivity contribution >= 4 is 50.1 Å². The minimum absolute atomic E-state index is 0.0398. The van der Waals surface area contributed by atoms with Crippen LogP contribution in [0.4, 0.5) is 0 Å². The van der Waals surface area contributed by atoms with Gasteiger partial charge in [-0.2, -0.15) is 8.42 Å². The maximum Gasteiger partial charge on any atom is 0.338 e. The van der Waals surface area contributed by atoms with Crippen molar-refractivity contribution in [3.63, 3.8) is 0 Å². The molecular formula is C20H20ClIO4S. The summed E-state index contributed by atoms with van der Waals surface area (Å²) in [6, 6.07) is 12.8. The van der Waals surface area contributed by atoms with Crippen molar-refractivity contribution in [1.29, 1.82) is 0 Å². The van der Waals surface area contributed by atoms with Crippen molar-refractivity contribution in [2.24, 2.45) is 5.41 Å². The molecule has 0 bridgehead atoms. The largest absolute Gasteiger partial charge is 0.382 e. The van der Waals surface area contributed by atoms with Gasteiger partial charge >= 0.3 is 10.1 Å². The third-order valence-electron chi connectivity index (χ3n) is 3.69. The highest BCUT2D eigenvalue weighted by atomic mass is 127. The molecule has 0 spiro atoms. The molecule has 2 aromatic carbocycles. The molecular weight excluding hydrogens is 499 g/mol. The van der Waals surface area contributed by atoms with Crippen LogP contribution in [0.1, 0.15) is 36.7 Å². The van der Waals surface area contributed by atoms with Crippen LogP contribution in [0.25, 0.3) is 0 Å². The first-order valence-electron chi connectivity index (χ1n) is 8.13. The first-order valence-corrected chi connectivity index (χ1v) is 11.0. The standard InChI is InChI=1S/C20H20ClIO4S/c1-13-5-11-16(12-6-13)27(24,25)26-19(20(2,3)4)17(22)18(23)14-7-9-15(21)10-8-14/h5-12H,1-4H3/b19-17+. The van der Waals surface area contributed by atoms with E-state index in [2.05, 4.69) is 0 Å². The van der Waals surface area contributed by atoms with Crippen molar-refractivity contribution < 1.29 is 17.4 Å². The maximum atomic E-state index is 12.8. The fourth-order valence-electron chi connectivity index (χ4n) is 2.18. The van der Waals surface area contributed by atoms with E-state index >= 15 is 0 Å². The SMILES string of the molecule is Cc1ccc(S(=O)(=O)O/C(=C(/I)C(=O)c2ccc(Cl)cc2)C(C)(C)C)cc1. The van der Waals surface area contributed by atoms with Crippen LogP contribution < -0.4 is 0 Å². The van der Waals surface area contributed by atoms with Gasteiger partial charge in [0.2, 0.25) is 5.78 Å². The van der Waals surface area contributed by atoms with Crippen LogP contribution in [0.2, 0.25) is 5.02 Å². The molecule has 0 aromatic heterocycles. The van der Waals surface area contributed by atoms with Crippen LogP contribution in [0.5, 0.6) is 0 Å². The predicted molar refractivity (Wildman–Crippen MR) is 116 cm³/mol. The second-order valence-electron chi connectivity index (χ2n) is 7.08. The molecule has 0 heterocycles. The second-order valence-corrected chi connectivity index (χ2v) is 10.1. The predicted octanol–water partition coefficient (Wildman–Crippen LogP) is 5.93. The summed E-state index contributed by atoms with van der Waals surface area (Å²) in [5.41, 5.74) is 0.644. The van der Waals surface area contributed by atoms with E-state index in [1.54, 1.807) is 57.2 Å². The molecule has 4 nitrogen and oxygen atoms in total. The van der Waals surface area contributed by atoms with Crippen molar-refractivity contribution in [3.8, 4) is 0 Å². The van der Waals surface area contributed by atoms with Crippen LogP contribution in [-0.2, 0) is 14.3 Å². The van der Waals surface area contributed by atoms with E-state index in [0.29, 0.717) is 10.6 Å². The van der Waals surface area contributed by atoms with Gasteiger partial charge in [-0.1, -0.05) is 50.1 Å². The Morgan fingerprint density at radius 2 is 1.52 bits per heavy atom. The van der Waals surface area contributed by atoms with Gasteiger partial charge in [0.1, 0.15) is 14.2 Å². The molecule has 2 aromatic rings. The van der Waals surface area contributed by atoms with Crippen LogP contribution in [0, 0.1) is 12.3 Å². The monoisotopic (exact) mass is 518 g/mol. The quantitative estimate of drug-likeness (QED) is 0.162. The van der Waals surface area contributed by atoms with Crippen LogP contribution in [0.3, 0.4) is 0 Å². The highest BCUT2D eigenvalue weighted by Gasteiger charge is 2.31. The number of carbonyl (C=O) groups excluding carboxylic acids is 1. The summed E-state index contributed by atoms with van der Waals surface area (Å²) >= 11 is 7.71. The third-order valence-corrected chi connectivity index (χ3v) is 6.16. The third kappa shape index (κ3) is 5.56. The van der Waals surface area contributed by atoms with E-state index in [0.717, 1.165) is 5.56 Å². The first-order chi connectivity index (χ1) is 12.4. The fourth-order valence-corrected chi connectivity index (χ4v) is 4.81. The molecule has 27 heavy (non-hydrogen) atoms. The van der Waals surface area contributed by atoms with Crippen molar-refractivity contribution in [1.82, 2.24) is 0 Å². The van der Waals surface area contributed by atoms with Crippen molar-refractivity contribution in [3.05, 3.63) is 74.0 Å². The molecule has 0 fully saturated rings. The van der Waals surface area contributed by atoms with Crippen molar-refractivity contribution in [2.75, 3.05) is 0 Å². The van der Waals surface area contributed by atoms with Crippen LogP contribution >= 0.6 is 34.2 Å². The molecule has 0 atom stereocenters. The Hall–Kier alpha value is -1.38. The molecule has 0 aliphatic carbocycles. The Bertz CT molecular complexity index is 970. The summed E-state index contributed by atoms with van der Waals surface area (Å²) in [5.74, 6) is -0.222. The number of rotatable bonds is 5. The lowest BCUT2D eigenvalue weighted by atomic mass is 9.92. The summed E-state index contributed by atoms with van der Waals surface area (Å²) in [5, 5.41) is 0.514. The average Bonchev–Trinajstić information content (AvgIpc) is 2.58. The topological polar surface area (TPSA) is 60.4 Å². The minimum Gasteiger partial charge on any atom is -0.382 e. The van der Waals surface area contributed by atoms with Gasteiger partial charge in [0.25, 0.3) is 0 Å². The highest BCUT2D eigenvalue weighted by molar-refractivity contribution is 14.1. The van der Waals surface area contributed by atoms with E-state index in [-0.39, 0.29) is 20.0 Å². The smallest absolute Gasteiger partial charge is 0.338 e. The molecule has 0 aliphatic rings. The lowest BCUT2D eigenvalue weighted by Gasteiger charge is -2.24. The minimum atomic E-state index is -4.06. The number of Topliss-reactive ketones (excluding diaryl/α,β-unsaturated/α-hetero) is 1. The van der Waals surface area contributed by atoms with Crippen LogP contribution in [0.15, 0.2) is 62.8 Å². The maximum absolute atomic E-state index is 12.8. The number of allylic oxidation sites excluding steroid dienone is 2. The van der Waals surface area contributed by atoms with Gasteiger partial charge in [0, 0.05) is 16.0 Å². The molecule has 0 amide bonds. The second kappa shape index (κ2) is 8.32. The van der Waals surface area contributed by atoms with Gasteiger partial charge in [-0.25, -0.2) is 0 Å². The summed E-state index contributed by atoms with van der Waals surface area (Å²) in [6.07, 6.45) is 0. The Morgan fingerprint density at radius 3 is 2.00 bits per heavy atom. The molecule has 7 heteroatoms. The van der Waals surface area contributed by atoms with Crippen molar-refractivity contribution in [2.45, 2.75) is 32.6 Å². The van der Waals surface area contributed by atoms with Gasteiger partial charge in [0.05, 0.1) is 0 Å². The van der Waals surface area contributed by atoms with Gasteiger partial charge in [-0.15, -0.1) is 0 Å². The van der Waals surface area contributed by atoms with Gasteiger partial charge in [-0.05, 0) is 65.9 Å². The molecule has 0 saturated heterocycles. The lowest BCUT2D eigenvalue weighted by molar-refractivity contribution is 0.103. The zero-order valence-electron chi connectivity index (χ0n) is 15.4. The fraction of sp³-hybridized carbons (Fsp3) is 0.250.